The van der Waals surface area contributed by atoms with Crippen LogP contribution in [0, 0.1) is 22.9 Å². The largest absolute Gasteiger partial charge is 0.497 e. The molecule has 25 heavy (non-hydrogen) atoms. The van der Waals surface area contributed by atoms with Gasteiger partial charge in [-0.2, -0.15) is 4.39 Å². The van der Waals surface area contributed by atoms with Crippen molar-refractivity contribution in [1.29, 1.82) is 0 Å². The van der Waals surface area contributed by atoms with Gasteiger partial charge in [0, 0.05) is 44.5 Å². The van der Waals surface area contributed by atoms with Crippen molar-refractivity contribution in [2.75, 3.05) is 43.1 Å². The number of anilines is 2. The maximum Gasteiger partial charge on any atom is 0.328 e. The van der Waals surface area contributed by atoms with Gasteiger partial charge < -0.3 is 14.5 Å². The Bertz CT molecular complexity index is 793. The van der Waals surface area contributed by atoms with Crippen LogP contribution in [0.4, 0.5) is 21.6 Å². The monoisotopic (exact) mass is 347 g/mol. The second kappa shape index (κ2) is 6.88. The molecule has 2 heterocycles. The normalized spacial score (nSPS) is 14.5. The number of benzene rings is 1. The van der Waals surface area contributed by atoms with Gasteiger partial charge in [-0.25, -0.2) is 9.97 Å². The van der Waals surface area contributed by atoms with E-state index in [0.717, 1.165) is 11.9 Å². The minimum atomic E-state index is -0.895. The average molecular weight is 347 g/mol. The molecule has 0 atom stereocenters. The fourth-order valence-electron chi connectivity index (χ4n) is 2.90. The summed E-state index contributed by atoms with van der Waals surface area (Å²) in [6.07, 6.45) is 1.70. The molecule has 1 aliphatic heterocycles. The van der Waals surface area contributed by atoms with Gasteiger partial charge >= 0.3 is 5.69 Å². The molecule has 132 valence electrons. The van der Waals surface area contributed by atoms with Crippen LogP contribution in [0.2, 0.25) is 0 Å². The number of hydrogen-bond acceptors (Lipinski definition) is 7. The standard InChI is InChI=1S/C16H18FN5O3/c1-11-18-4-3-15(19-11)21-7-5-20(6-8-21)14-10-12(25-2)9-13(17)16(14)22(23)24/h3-4,9-10H,5-8H2,1-2H3. The van der Waals surface area contributed by atoms with Crippen LogP contribution in [0.1, 0.15) is 5.82 Å². The SMILES string of the molecule is COc1cc(F)c([N+](=O)[O-])c(N2CCN(c3ccnc(C)n3)CC2)c1. The van der Waals surface area contributed by atoms with Crippen molar-refractivity contribution in [2.45, 2.75) is 6.92 Å². The van der Waals surface area contributed by atoms with Crippen LogP contribution in [0.5, 0.6) is 5.75 Å². The Balaban J connectivity index is 1.83. The van der Waals surface area contributed by atoms with Crippen molar-refractivity contribution in [3.05, 3.63) is 46.2 Å². The quantitative estimate of drug-likeness (QED) is 0.619. The molecule has 0 amide bonds. The molecule has 0 unspecified atom stereocenters. The van der Waals surface area contributed by atoms with Gasteiger partial charge in [0.15, 0.2) is 0 Å². The first kappa shape index (κ1) is 16.9. The lowest BCUT2D eigenvalue weighted by atomic mass is 10.2. The molecule has 0 radical (unpaired) electrons. The fraction of sp³-hybridized carbons (Fsp3) is 0.375. The van der Waals surface area contributed by atoms with Crippen LogP contribution >= 0.6 is 0 Å². The van der Waals surface area contributed by atoms with E-state index in [1.54, 1.807) is 11.1 Å². The summed E-state index contributed by atoms with van der Waals surface area (Å²) in [4.78, 5) is 22.9. The molecule has 0 saturated carbocycles. The molecule has 9 heteroatoms. The van der Waals surface area contributed by atoms with E-state index in [-0.39, 0.29) is 11.4 Å². The van der Waals surface area contributed by atoms with Crippen LogP contribution in [-0.4, -0.2) is 48.2 Å². The van der Waals surface area contributed by atoms with Crippen molar-refractivity contribution in [3.8, 4) is 5.75 Å². The van der Waals surface area contributed by atoms with Gasteiger partial charge in [0.2, 0.25) is 5.82 Å². The van der Waals surface area contributed by atoms with Gasteiger partial charge in [0.1, 0.15) is 23.1 Å². The van der Waals surface area contributed by atoms with Crippen molar-refractivity contribution in [1.82, 2.24) is 9.97 Å². The Kier molecular flexibility index (Phi) is 4.64. The van der Waals surface area contributed by atoms with Crippen molar-refractivity contribution in [2.24, 2.45) is 0 Å². The maximum absolute atomic E-state index is 14.1. The smallest absolute Gasteiger partial charge is 0.328 e. The third kappa shape index (κ3) is 3.44. The number of ether oxygens (including phenoxy) is 1. The number of aromatic nitrogens is 2. The molecular formula is C16H18FN5O3. The summed E-state index contributed by atoms with van der Waals surface area (Å²) >= 11 is 0. The highest BCUT2D eigenvalue weighted by molar-refractivity contribution is 5.67. The summed E-state index contributed by atoms with van der Waals surface area (Å²) < 4.78 is 19.2. The first-order chi connectivity index (χ1) is 12.0. The third-order valence-corrected chi connectivity index (χ3v) is 4.14. The molecular weight excluding hydrogens is 329 g/mol. The molecule has 0 aliphatic carbocycles. The van der Waals surface area contributed by atoms with E-state index in [1.165, 1.54) is 13.2 Å². The first-order valence-corrected chi connectivity index (χ1v) is 7.81. The molecule has 8 nitrogen and oxygen atoms in total. The summed E-state index contributed by atoms with van der Waals surface area (Å²) in [5.41, 5.74) is -0.285. The predicted molar refractivity (Wildman–Crippen MR) is 90.8 cm³/mol. The number of nitro groups is 1. The summed E-state index contributed by atoms with van der Waals surface area (Å²) in [5, 5.41) is 11.3. The highest BCUT2D eigenvalue weighted by Gasteiger charge is 2.28. The minimum Gasteiger partial charge on any atom is -0.497 e. The summed E-state index contributed by atoms with van der Waals surface area (Å²) in [6, 6.07) is 4.36. The van der Waals surface area contributed by atoms with E-state index >= 15 is 0 Å². The number of nitro benzene ring substituents is 1. The summed E-state index contributed by atoms with van der Waals surface area (Å²) in [5.74, 6) is 0.865. The number of hydrogen-bond donors (Lipinski definition) is 0. The third-order valence-electron chi connectivity index (χ3n) is 4.14. The Morgan fingerprint density at radius 2 is 1.92 bits per heavy atom. The van der Waals surface area contributed by atoms with E-state index in [2.05, 4.69) is 14.9 Å². The van der Waals surface area contributed by atoms with E-state index in [9.17, 15) is 14.5 Å². The second-order valence-corrected chi connectivity index (χ2v) is 5.67. The average Bonchev–Trinajstić information content (AvgIpc) is 2.60. The molecule has 3 rings (SSSR count). The molecule has 0 N–H and O–H groups in total. The number of methoxy groups -OCH3 is 1. The molecule has 0 bridgehead atoms. The molecule has 1 fully saturated rings. The lowest BCUT2D eigenvalue weighted by Crippen LogP contribution is -2.47. The zero-order chi connectivity index (χ0) is 18.0. The summed E-state index contributed by atoms with van der Waals surface area (Å²) in [7, 11) is 1.40. The van der Waals surface area contributed by atoms with E-state index in [0.29, 0.717) is 32.0 Å². The van der Waals surface area contributed by atoms with E-state index in [1.807, 2.05) is 13.0 Å². The number of rotatable bonds is 4. The van der Waals surface area contributed by atoms with Gasteiger partial charge in [-0.15, -0.1) is 0 Å². The number of piperazine rings is 1. The van der Waals surface area contributed by atoms with Crippen molar-refractivity contribution >= 4 is 17.2 Å². The van der Waals surface area contributed by atoms with Crippen LogP contribution in [0.25, 0.3) is 0 Å². The molecule has 1 saturated heterocycles. The Hall–Kier alpha value is -2.97. The highest BCUT2D eigenvalue weighted by atomic mass is 19.1. The fourth-order valence-corrected chi connectivity index (χ4v) is 2.90. The van der Waals surface area contributed by atoms with Gasteiger partial charge in [-0.05, 0) is 13.0 Å². The van der Waals surface area contributed by atoms with Crippen LogP contribution < -0.4 is 14.5 Å². The minimum absolute atomic E-state index is 0.236. The molecule has 1 aromatic heterocycles. The number of nitrogens with zero attached hydrogens (tertiary/aromatic N) is 5. The van der Waals surface area contributed by atoms with Crippen LogP contribution in [0.15, 0.2) is 24.4 Å². The zero-order valence-corrected chi connectivity index (χ0v) is 14.0. The zero-order valence-electron chi connectivity index (χ0n) is 14.0. The van der Waals surface area contributed by atoms with Gasteiger partial charge in [-0.1, -0.05) is 0 Å². The van der Waals surface area contributed by atoms with E-state index < -0.39 is 16.4 Å². The van der Waals surface area contributed by atoms with Gasteiger partial charge in [-0.3, -0.25) is 10.1 Å². The Labute approximate surface area is 144 Å². The number of aryl methyl sites for hydroxylation is 1. The van der Waals surface area contributed by atoms with Crippen molar-refractivity contribution in [3.63, 3.8) is 0 Å². The maximum atomic E-state index is 14.1. The lowest BCUT2D eigenvalue weighted by Gasteiger charge is -2.36. The highest BCUT2D eigenvalue weighted by Crippen LogP contribution is 2.35. The Morgan fingerprint density at radius 3 is 2.52 bits per heavy atom. The molecule has 0 spiro atoms. The topological polar surface area (TPSA) is 84.6 Å². The van der Waals surface area contributed by atoms with Crippen LogP contribution in [0.3, 0.4) is 0 Å². The predicted octanol–water partition coefficient (Wildman–Crippen LogP) is 2.17. The summed E-state index contributed by atoms with van der Waals surface area (Å²) in [6.45, 7) is 4.08. The molecule has 2 aromatic rings. The lowest BCUT2D eigenvalue weighted by molar-refractivity contribution is -0.386. The van der Waals surface area contributed by atoms with E-state index in [4.69, 9.17) is 4.74 Å². The van der Waals surface area contributed by atoms with Crippen LogP contribution in [-0.2, 0) is 0 Å². The van der Waals surface area contributed by atoms with Gasteiger partial charge in [0.25, 0.3) is 0 Å². The molecule has 1 aromatic carbocycles. The second-order valence-electron chi connectivity index (χ2n) is 5.67. The van der Waals surface area contributed by atoms with Gasteiger partial charge in [0.05, 0.1) is 12.0 Å². The first-order valence-electron chi connectivity index (χ1n) is 7.81. The molecule has 1 aliphatic rings. The Morgan fingerprint density at radius 1 is 1.24 bits per heavy atom. The van der Waals surface area contributed by atoms with Crippen molar-refractivity contribution < 1.29 is 14.1 Å². The number of halogens is 1.